The topological polar surface area (TPSA) is 104 Å². The third kappa shape index (κ3) is 8.60. The quantitative estimate of drug-likeness (QED) is 0.118. The molecule has 8 nitrogen and oxygen atoms in total. The Bertz CT molecular complexity index is 1900. The predicted molar refractivity (Wildman–Crippen MR) is 194 cm³/mol. The molecule has 2 atom stereocenters. The summed E-state index contributed by atoms with van der Waals surface area (Å²) >= 11 is 0. The number of aromatic carboxylic acids is 1. The minimum atomic E-state index is -1.39. The second-order valence-electron chi connectivity index (χ2n) is 13.6. The Labute approximate surface area is 299 Å². The van der Waals surface area contributed by atoms with E-state index >= 15 is 0 Å². The first kappa shape index (κ1) is 35.7. The molecule has 8 heteroatoms. The zero-order chi connectivity index (χ0) is 35.8. The summed E-state index contributed by atoms with van der Waals surface area (Å²) in [6.45, 7) is 6.78. The minimum absolute atomic E-state index is 0.0300. The van der Waals surface area contributed by atoms with E-state index in [4.69, 9.17) is 24.0 Å². The molecule has 0 spiro atoms. The Morgan fingerprint density at radius 1 is 0.745 bits per heavy atom. The minimum Gasteiger partial charge on any atom is -0.488 e. The molecule has 1 saturated heterocycles. The maximum absolute atomic E-state index is 13.0. The number of hydrogen-bond donors (Lipinski definition) is 2. The molecule has 0 amide bonds. The van der Waals surface area contributed by atoms with Crippen molar-refractivity contribution < 1.29 is 39.0 Å². The summed E-state index contributed by atoms with van der Waals surface area (Å²) in [5.74, 6) is -0.258. The van der Waals surface area contributed by atoms with E-state index in [-0.39, 0.29) is 36.9 Å². The molecule has 5 aromatic rings. The van der Waals surface area contributed by atoms with Crippen molar-refractivity contribution in [2.75, 3.05) is 6.61 Å². The summed E-state index contributed by atoms with van der Waals surface area (Å²) in [6, 6.07) is 36.1. The van der Waals surface area contributed by atoms with E-state index in [2.05, 4.69) is 0 Å². The summed E-state index contributed by atoms with van der Waals surface area (Å²) in [4.78, 5) is 24.2. The van der Waals surface area contributed by atoms with Crippen LogP contribution in [0.25, 0.3) is 0 Å². The highest BCUT2D eigenvalue weighted by Gasteiger charge is 2.37. The van der Waals surface area contributed by atoms with Gasteiger partial charge >= 0.3 is 5.97 Å². The van der Waals surface area contributed by atoms with Gasteiger partial charge in [-0.1, -0.05) is 124 Å². The molecule has 2 N–H and O–H groups in total. The highest BCUT2D eigenvalue weighted by molar-refractivity contribution is 5.92. The summed E-state index contributed by atoms with van der Waals surface area (Å²) in [5, 5.41) is 23.5. The number of ether oxygens (including phenoxy) is 3. The fourth-order valence-electron chi connectivity index (χ4n) is 6.41. The summed E-state index contributed by atoms with van der Waals surface area (Å²) < 4.78 is 19.6. The van der Waals surface area contributed by atoms with Crippen LogP contribution in [0.1, 0.15) is 95.1 Å². The number of rotatable bonds is 13. The van der Waals surface area contributed by atoms with Crippen molar-refractivity contribution in [3.63, 3.8) is 0 Å². The van der Waals surface area contributed by atoms with Crippen LogP contribution in [0.2, 0.25) is 0 Å². The van der Waals surface area contributed by atoms with E-state index in [9.17, 15) is 15.0 Å². The first-order valence-corrected chi connectivity index (χ1v) is 17.2. The first-order chi connectivity index (χ1) is 24.7. The average molecular weight is 689 g/mol. The SMILES string of the molecule is CC(C)(C)c1c(C(=O)O)cc(OCc2ccccc2)c(C(O)c2c(OCc3ccccc3)cccc2C2CCCOO2)c1OCc1ccccc1. The molecule has 0 radical (unpaired) electrons. The van der Waals surface area contributed by atoms with Gasteiger partial charge in [-0.25, -0.2) is 14.6 Å². The van der Waals surface area contributed by atoms with Crippen LogP contribution in [0, 0.1) is 0 Å². The van der Waals surface area contributed by atoms with E-state index in [1.54, 1.807) is 0 Å². The van der Waals surface area contributed by atoms with Crippen molar-refractivity contribution in [3.8, 4) is 17.2 Å². The summed E-state index contributed by atoms with van der Waals surface area (Å²) in [6.07, 6.45) is -0.431. The van der Waals surface area contributed by atoms with Crippen molar-refractivity contribution in [3.05, 3.63) is 160 Å². The maximum Gasteiger partial charge on any atom is 0.336 e. The van der Waals surface area contributed by atoms with Gasteiger partial charge in [0, 0.05) is 11.1 Å². The third-order valence-electron chi connectivity index (χ3n) is 8.83. The van der Waals surface area contributed by atoms with Gasteiger partial charge in [0.2, 0.25) is 0 Å². The van der Waals surface area contributed by atoms with Crippen molar-refractivity contribution >= 4 is 5.97 Å². The molecule has 1 aliphatic rings. The Balaban J connectivity index is 1.57. The number of hydrogen-bond acceptors (Lipinski definition) is 7. The molecule has 0 bridgehead atoms. The van der Waals surface area contributed by atoms with Crippen LogP contribution in [0.5, 0.6) is 17.2 Å². The molecule has 6 rings (SSSR count). The maximum atomic E-state index is 13.0. The number of aliphatic hydroxyl groups is 1. The molecule has 0 saturated carbocycles. The summed E-state index contributed by atoms with van der Waals surface area (Å²) in [5.41, 5.74) is 3.92. The monoisotopic (exact) mass is 688 g/mol. The van der Waals surface area contributed by atoms with Crippen LogP contribution < -0.4 is 14.2 Å². The molecule has 1 heterocycles. The number of benzene rings is 5. The largest absolute Gasteiger partial charge is 0.488 e. The Morgan fingerprint density at radius 2 is 1.29 bits per heavy atom. The lowest BCUT2D eigenvalue weighted by atomic mass is 9.79. The van der Waals surface area contributed by atoms with E-state index < -0.39 is 23.6 Å². The molecular weight excluding hydrogens is 644 g/mol. The number of carboxylic acids is 1. The van der Waals surface area contributed by atoms with Gasteiger partial charge in [-0.3, -0.25) is 0 Å². The van der Waals surface area contributed by atoms with Crippen LogP contribution in [-0.2, 0) is 35.0 Å². The Kier molecular flexibility index (Phi) is 11.4. The molecule has 264 valence electrons. The van der Waals surface area contributed by atoms with Gasteiger partial charge in [-0.15, -0.1) is 0 Å². The average Bonchev–Trinajstić information content (AvgIpc) is 3.15. The van der Waals surface area contributed by atoms with Crippen LogP contribution >= 0.6 is 0 Å². The van der Waals surface area contributed by atoms with Gasteiger partial charge in [0.15, 0.2) is 0 Å². The number of carbonyl (C=O) groups is 1. The normalized spacial score (nSPS) is 15.2. The molecule has 5 aromatic carbocycles. The molecule has 1 fully saturated rings. The van der Waals surface area contributed by atoms with E-state index in [1.807, 2.05) is 130 Å². The molecule has 0 aliphatic carbocycles. The number of aliphatic hydroxyl groups excluding tert-OH is 1. The molecular formula is C43H44O8. The van der Waals surface area contributed by atoms with Crippen molar-refractivity contribution in [1.29, 1.82) is 0 Å². The zero-order valence-corrected chi connectivity index (χ0v) is 29.2. The van der Waals surface area contributed by atoms with Gasteiger partial charge in [0.25, 0.3) is 0 Å². The van der Waals surface area contributed by atoms with Gasteiger partial charge in [0.05, 0.1) is 17.7 Å². The lowest BCUT2D eigenvalue weighted by Gasteiger charge is -2.32. The van der Waals surface area contributed by atoms with E-state index in [0.717, 1.165) is 23.1 Å². The lowest BCUT2D eigenvalue weighted by Crippen LogP contribution is -2.23. The van der Waals surface area contributed by atoms with Crippen molar-refractivity contribution in [1.82, 2.24) is 0 Å². The standard InChI is InChI=1S/C43H44O8/c1-43(2,3)39-33(42(45)46)25-36(48-27-30-17-9-5-10-18-30)38(41(39)49-28-31-19-11-6-12-20-31)40(44)37-32(34-23-14-24-50-51-34)21-13-22-35(37)47-26-29-15-7-4-8-16-29/h4-13,15-22,25,34,40,44H,14,23-24,26-28H2,1-3H3,(H,45,46). The van der Waals surface area contributed by atoms with E-state index in [1.165, 1.54) is 6.07 Å². The van der Waals surface area contributed by atoms with Gasteiger partial charge in [-0.05, 0) is 52.6 Å². The fraction of sp³-hybridized carbons (Fsp3) is 0.279. The fourth-order valence-corrected chi connectivity index (χ4v) is 6.41. The number of carboxylic acid groups (broad SMARTS) is 1. The molecule has 51 heavy (non-hydrogen) atoms. The van der Waals surface area contributed by atoms with Gasteiger partial charge in [0.1, 0.15) is 49.3 Å². The highest BCUT2D eigenvalue weighted by Crippen LogP contribution is 2.50. The van der Waals surface area contributed by atoms with Crippen LogP contribution in [-0.4, -0.2) is 22.8 Å². The van der Waals surface area contributed by atoms with Crippen molar-refractivity contribution in [2.45, 2.75) is 71.1 Å². The smallest absolute Gasteiger partial charge is 0.336 e. The zero-order valence-electron chi connectivity index (χ0n) is 29.2. The van der Waals surface area contributed by atoms with Crippen LogP contribution in [0.15, 0.2) is 115 Å². The van der Waals surface area contributed by atoms with Gasteiger partial charge in [-0.2, -0.15) is 0 Å². The second kappa shape index (κ2) is 16.2. The molecule has 2 unspecified atom stereocenters. The van der Waals surface area contributed by atoms with E-state index in [0.29, 0.717) is 41.0 Å². The predicted octanol–water partition coefficient (Wildman–Crippen LogP) is 9.28. The molecule has 0 aromatic heterocycles. The highest BCUT2D eigenvalue weighted by atomic mass is 17.2. The summed E-state index contributed by atoms with van der Waals surface area (Å²) in [7, 11) is 0. The molecule has 1 aliphatic heterocycles. The van der Waals surface area contributed by atoms with Crippen LogP contribution in [0.4, 0.5) is 0 Å². The Hall–Kier alpha value is -5.15. The van der Waals surface area contributed by atoms with Crippen molar-refractivity contribution in [2.24, 2.45) is 0 Å². The first-order valence-electron chi connectivity index (χ1n) is 17.2. The van der Waals surface area contributed by atoms with Crippen LogP contribution in [0.3, 0.4) is 0 Å². The lowest BCUT2D eigenvalue weighted by molar-refractivity contribution is -0.348. The second-order valence-corrected chi connectivity index (χ2v) is 13.6. The third-order valence-corrected chi connectivity index (χ3v) is 8.83. The van der Waals surface area contributed by atoms with Gasteiger partial charge < -0.3 is 24.4 Å². The Morgan fingerprint density at radius 3 is 1.80 bits per heavy atom.